The highest BCUT2D eigenvalue weighted by Gasteiger charge is 2.12. The fraction of sp³-hybridized carbons (Fsp3) is 0.188. The second-order valence-electron chi connectivity index (χ2n) is 4.76. The van der Waals surface area contributed by atoms with Crippen molar-refractivity contribution in [2.45, 2.75) is 19.4 Å². The van der Waals surface area contributed by atoms with Crippen LogP contribution in [0.1, 0.15) is 18.1 Å². The summed E-state index contributed by atoms with van der Waals surface area (Å²) >= 11 is 11.2. The standard InChI is InChI=1S/C16H17ClN2S/c1-11(10-12-6-3-2-4-7-12)19-14-9-5-8-13(17)15(14)16(18)20/h2-9,11,19H,10H2,1H3,(H2,18,20). The molecule has 2 nitrogen and oxygen atoms in total. The molecule has 104 valence electrons. The summed E-state index contributed by atoms with van der Waals surface area (Å²) in [5, 5.41) is 4.01. The predicted molar refractivity (Wildman–Crippen MR) is 90.6 cm³/mol. The van der Waals surface area contributed by atoms with Crippen molar-refractivity contribution in [3.05, 3.63) is 64.7 Å². The van der Waals surface area contributed by atoms with E-state index in [0.29, 0.717) is 15.6 Å². The smallest absolute Gasteiger partial charge is 0.107 e. The lowest BCUT2D eigenvalue weighted by molar-refractivity contribution is 0.790. The van der Waals surface area contributed by atoms with E-state index in [4.69, 9.17) is 29.6 Å². The average Bonchev–Trinajstić information content (AvgIpc) is 2.39. The molecule has 0 bridgehead atoms. The molecule has 0 radical (unpaired) electrons. The molecule has 0 aliphatic carbocycles. The highest BCUT2D eigenvalue weighted by Crippen LogP contribution is 2.25. The minimum absolute atomic E-state index is 0.254. The maximum atomic E-state index is 6.16. The second kappa shape index (κ2) is 6.73. The number of hydrogen-bond donors (Lipinski definition) is 2. The molecule has 3 N–H and O–H groups in total. The van der Waals surface area contributed by atoms with Gasteiger partial charge in [0.05, 0.1) is 10.6 Å². The van der Waals surface area contributed by atoms with Crippen molar-refractivity contribution in [3.8, 4) is 0 Å². The van der Waals surface area contributed by atoms with Gasteiger partial charge in [0.2, 0.25) is 0 Å². The Morgan fingerprint density at radius 1 is 1.20 bits per heavy atom. The van der Waals surface area contributed by atoms with Gasteiger partial charge in [-0.1, -0.05) is 60.2 Å². The summed E-state index contributed by atoms with van der Waals surface area (Å²) < 4.78 is 0. The molecule has 0 aliphatic heterocycles. The zero-order valence-corrected chi connectivity index (χ0v) is 12.8. The lowest BCUT2D eigenvalue weighted by Gasteiger charge is -2.18. The van der Waals surface area contributed by atoms with Gasteiger partial charge in [-0.3, -0.25) is 0 Å². The zero-order valence-electron chi connectivity index (χ0n) is 11.3. The molecule has 0 amide bonds. The Hall–Kier alpha value is -1.58. The molecule has 1 atom stereocenters. The molecule has 0 saturated heterocycles. The van der Waals surface area contributed by atoms with Gasteiger partial charge in [0, 0.05) is 11.7 Å². The first kappa shape index (κ1) is 14.8. The minimum Gasteiger partial charge on any atom is -0.389 e. The Kier molecular flexibility index (Phi) is 4.99. The first-order valence-electron chi connectivity index (χ1n) is 6.46. The van der Waals surface area contributed by atoms with Crippen molar-refractivity contribution >= 4 is 34.5 Å². The number of nitrogens with two attached hydrogens (primary N) is 1. The van der Waals surface area contributed by atoms with Crippen molar-refractivity contribution in [1.29, 1.82) is 0 Å². The van der Waals surface area contributed by atoms with Gasteiger partial charge in [0.15, 0.2) is 0 Å². The fourth-order valence-corrected chi connectivity index (χ4v) is 2.73. The van der Waals surface area contributed by atoms with Crippen LogP contribution < -0.4 is 11.1 Å². The van der Waals surface area contributed by atoms with E-state index < -0.39 is 0 Å². The van der Waals surface area contributed by atoms with Gasteiger partial charge in [0.25, 0.3) is 0 Å². The summed E-state index contributed by atoms with van der Waals surface area (Å²) in [4.78, 5) is 0.310. The highest BCUT2D eigenvalue weighted by atomic mass is 35.5. The van der Waals surface area contributed by atoms with Crippen molar-refractivity contribution in [2.75, 3.05) is 5.32 Å². The molecule has 4 heteroatoms. The molecular weight excluding hydrogens is 288 g/mol. The summed E-state index contributed by atoms with van der Waals surface area (Å²) in [6.07, 6.45) is 0.921. The summed E-state index contributed by atoms with van der Waals surface area (Å²) in [6, 6.07) is 16.2. The van der Waals surface area contributed by atoms with Crippen LogP contribution in [-0.4, -0.2) is 11.0 Å². The van der Waals surface area contributed by atoms with Crippen LogP contribution in [0.3, 0.4) is 0 Å². The van der Waals surface area contributed by atoms with Gasteiger partial charge >= 0.3 is 0 Å². The second-order valence-corrected chi connectivity index (χ2v) is 5.61. The molecule has 0 aromatic heterocycles. The Labute approximate surface area is 130 Å². The van der Waals surface area contributed by atoms with Crippen LogP contribution in [-0.2, 0) is 6.42 Å². The SMILES string of the molecule is CC(Cc1ccccc1)Nc1cccc(Cl)c1C(N)=S. The maximum Gasteiger partial charge on any atom is 0.107 e. The molecule has 0 spiro atoms. The summed E-state index contributed by atoms with van der Waals surface area (Å²) in [7, 11) is 0. The first-order chi connectivity index (χ1) is 9.58. The van der Waals surface area contributed by atoms with Crippen molar-refractivity contribution < 1.29 is 0 Å². The monoisotopic (exact) mass is 304 g/mol. The van der Waals surface area contributed by atoms with E-state index in [-0.39, 0.29) is 6.04 Å². The van der Waals surface area contributed by atoms with Gasteiger partial charge in [-0.15, -0.1) is 0 Å². The van der Waals surface area contributed by atoms with Crippen LogP contribution in [0, 0.1) is 0 Å². The van der Waals surface area contributed by atoms with E-state index in [1.807, 2.05) is 30.3 Å². The summed E-state index contributed by atoms with van der Waals surface area (Å²) in [5.41, 5.74) is 8.63. The van der Waals surface area contributed by atoms with Crippen molar-refractivity contribution in [1.82, 2.24) is 0 Å². The van der Waals surface area contributed by atoms with E-state index >= 15 is 0 Å². The van der Waals surface area contributed by atoms with Crippen molar-refractivity contribution in [3.63, 3.8) is 0 Å². The number of anilines is 1. The topological polar surface area (TPSA) is 38.0 Å². The lowest BCUT2D eigenvalue weighted by Crippen LogP contribution is -2.21. The number of hydrogen-bond acceptors (Lipinski definition) is 2. The van der Waals surface area contributed by atoms with Crippen LogP contribution in [0.4, 0.5) is 5.69 Å². The van der Waals surface area contributed by atoms with Crippen LogP contribution in [0.25, 0.3) is 0 Å². The third kappa shape index (κ3) is 3.71. The number of halogens is 1. The van der Waals surface area contributed by atoms with Crippen LogP contribution in [0.5, 0.6) is 0 Å². The Balaban J connectivity index is 2.14. The van der Waals surface area contributed by atoms with Crippen LogP contribution in [0.15, 0.2) is 48.5 Å². The lowest BCUT2D eigenvalue weighted by atomic mass is 10.1. The number of rotatable bonds is 5. The van der Waals surface area contributed by atoms with E-state index in [1.54, 1.807) is 6.07 Å². The number of benzene rings is 2. The van der Waals surface area contributed by atoms with Gasteiger partial charge in [0.1, 0.15) is 4.99 Å². The Morgan fingerprint density at radius 2 is 1.90 bits per heavy atom. The Bertz CT molecular complexity index is 599. The molecule has 1 unspecified atom stereocenters. The van der Waals surface area contributed by atoms with Gasteiger partial charge in [-0.05, 0) is 31.0 Å². The first-order valence-corrected chi connectivity index (χ1v) is 7.25. The summed E-state index contributed by atoms with van der Waals surface area (Å²) in [6.45, 7) is 2.12. The molecule has 0 heterocycles. The van der Waals surface area contributed by atoms with Crippen LogP contribution >= 0.6 is 23.8 Å². The molecular formula is C16H17ClN2S. The molecule has 0 fully saturated rings. The van der Waals surface area contributed by atoms with Crippen LogP contribution in [0.2, 0.25) is 5.02 Å². The average molecular weight is 305 g/mol. The molecule has 0 saturated carbocycles. The van der Waals surface area contributed by atoms with E-state index in [0.717, 1.165) is 12.1 Å². The van der Waals surface area contributed by atoms with E-state index in [2.05, 4.69) is 24.4 Å². The van der Waals surface area contributed by atoms with Gasteiger partial charge in [-0.2, -0.15) is 0 Å². The fourth-order valence-electron chi connectivity index (χ4n) is 2.18. The summed E-state index contributed by atoms with van der Waals surface area (Å²) in [5.74, 6) is 0. The minimum atomic E-state index is 0.254. The molecule has 2 aromatic rings. The Morgan fingerprint density at radius 3 is 2.55 bits per heavy atom. The van der Waals surface area contributed by atoms with Crippen molar-refractivity contribution in [2.24, 2.45) is 5.73 Å². The van der Waals surface area contributed by atoms with Gasteiger partial charge in [-0.25, -0.2) is 0 Å². The molecule has 0 aliphatic rings. The molecule has 2 rings (SSSR count). The molecule has 20 heavy (non-hydrogen) atoms. The largest absolute Gasteiger partial charge is 0.389 e. The predicted octanol–water partition coefficient (Wildman–Crippen LogP) is 4.02. The quantitative estimate of drug-likeness (QED) is 0.820. The van der Waals surface area contributed by atoms with E-state index in [9.17, 15) is 0 Å². The maximum absolute atomic E-state index is 6.16. The van der Waals surface area contributed by atoms with Gasteiger partial charge < -0.3 is 11.1 Å². The third-order valence-corrected chi connectivity index (χ3v) is 3.57. The van der Waals surface area contributed by atoms with E-state index in [1.165, 1.54) is 5.56 Å². The number of thiocarbonyl (C=S) groups is 1. The number of nitrogens with one attached hydrogen (secondary N) is 1. The molecule has 2 aromatic carbocycles. The highest BCUT2D eigenvalue weighted by molar-refractivity contribution is 7.80. The normalized spacial score (nSPS) is 11.9. The zero-order chi connectivity index (χ0) is 14.5. The third-order valence-electron chi connectivity index (χ3n) is 3.05.